The number of benzene rings is 2. The average molecular weight is 421 g/mol. The number of rotatable bonds is 6. The molecule has 0 aliphatic carbocycles. The highest BCUT2D eigenvalue weighted by atomic mass is 19.1. The number of halogens is 1. The molecule has 3 aromatic rings. The third kappa shape index (κ3) is 3.94. The minimum absolute atomic E-state index is 0.104. The van der Waals surface area contributed by atoms with Gasteiger partial charge in [0.25, 0.3) is 11.7 Å². The van der Waals surface area contributed by atoms with Crippen LogP contribution in [0.4, 0.5) is 4.39 Å². The van der Waals surface area contributed by atoms with Crippen LogP contribution in [0.1, 0.15) is 29.9 Å². The van der Waals surface area contributed by atoms with Gasteiger partial charge >= 0.3 is 0 Å². The molecule has 1 aliphatic heterocycles. The van der Waals surface area contributed by atoms with E-state index in [2.05, 4.69) is 0 Å². The molecule has 158 valence electrons. The van der Waals surface area contributed by atoms with Crippen LogP contribution in [-0.2, 0) is 16.1 Å². The normalized spacial score (nSPS) is 17.9. The number of ketones is 1. The summed E-state index contributed by atoms with van der Waals surface area (Å²) in [5.74, 6) is -1.46. The second-order valence-corrected chi connectivity index (χ2v) is 7.03. The highest BCUT2D eigenvalue weighted by molar-refractivity contribution is 6.46. The van der Waals surface area contributed by atoms with E-state index in [9.17, 15) is 19.1 Å². The molecule has 1 amide bonds. The van der Waals surface area contributed by atoms with E-state index >= 15 is 0 Å². The monoisotopic (exact) mass is 421 g/mol. The fraction of sp³-hybridized carbons (Fsp3) is 0.167. The lowest BCUT2D eigenvalue weighted by atomic mass is 9.99. The van der Waals surface area contributed by atoms with Crippen LogP contribution in [0.3, 0.4) is 0 Å². The first-order chi connectivity index (χ1) is 15.0. The Morgan fingerprint density at radius 1 is 1.13 bits per heavy atom. The number of hydrogen-bond donors (Lipinski definition) is 1. The molecule has 6 nitrogen and oxygen atoms in total. The second kappa shape index (κ2) is 8.47. The SMILES string of the molecule is CCOc1cccc(CN2C(=O)C(=O)/C(=C(\O)c3ccc(F)cc3)C2c2ccco2)c1. The van der Waals surface area contributed by atoms with Crippen LogP contribution in [0, 0.1) is 5.82 Å². The van der Waals surface area contributed by atoms with Crippen molar-refractivity contribution in [1.29, 1.82) is 0 Å². The van der Waals surface area contributed by atoms with Gasteiger partial charge in [0.1, 0.15) is 29.1 Å². The van der Waals surface area contributed by atoms with Gasteiger partial charge in [0, 0.05) is 12.1 Å². The Hall–Kier alpha value is -3.87. The van der Waals surface area contributed by atoms with Crippen molar-refractivity contribution in [2.75, 3.05) is 6.61 Å². The van der Waals surface area contributed by atoms with Crippen LogP contribution in [0.15, 0.2) is 76.9 Å². The van der Waals surface area contributed by atoms with Crippen molar-refractivity contribution >= 4 is 17.4 Å². The predicted octanol–water partition coefficient (Wildman–Crippen LogP) is 4.44. The molecule has 1 saturated heterocycles. The Kier molecular flexibility index (Phi) is 5.58. The van der Waals surface area contributed by atoms with Gasteiger partial charge in [0.2, 0.25) is 0 Å². The zero-order valence-corrected chi connectivity index (χ0v) is 16.7. The molecule has 2 heterocycles. The first-order valence-electron chi connectivity index (χ1n) is 9.79. The molecule has 0 radical (unpaired) electrons. The topological polar surface area (TPSA) is 80.0 Å². The van der Waals surface area contributed by atoms with Gasteiger partial charge in [-0.2, -0.15) is 0 Å². The molecule has 0 spiro atoms. The number of carbonyl (C=O) groups excluding carboxylic acids is 2. The summed E-state index contributed by atoms with van der Waals surface area (Å²) in [6.07, 6.45) is 1.43. The maximum absolute atomic E-state index is 13.3. The fourth-order valence-corrected chi connectivity index (χ4v) is 3.65. The van der Waals surface area contributed by atoms with Crippen molar-refractivity contribution in [3.05, 3.63) is 95.2 Å². The first-order valence-corrected chi connectivity index (χ1v) is 9.79. The maximum atomic E-state index is 13.3. The van der Waals surface area contributed by atoms with Gasteiger partial charge in [-0.15, -0.1) is 0 Å². The quantitative estimate of drug-likeness (QED) is 0.362. The fourth-order valence-electron chi connectivity index (χ4n) is 3.65. The summed E-state index contributed by atoms with van der Waals surface area (Å²) in [7, 11) is 0. The molecule has 1 aliphatic rings. The van der Waals surface area contributed by atoms with E-state index in [1.807, 2.05) is 13.0 Å². The van der Waals surface area contributed by atoms with Crippen LogP contribution >= 0.6 is 0 Å². The largest absolute Gasteiger partial charge is 0.507 e. The van der Waals surface area contributed by atoms with Crippen LogP contribution in [-0.4, -0.2) is 28.3 Å². The lowest BCUT2D eigenvalue weighted by molar-refractivity contribution is -0.140. The third-order valence-electron chi connectivity index (χ3n) is 5.03. The van der Waals surface area contributed by atoms with E-state index in [0.29, 0.717) is 18.1 Å². The van der Waals surface area contributed by atoms with E-state index in [1.165, 1.54) is 35.4 Å². The molecule has 1 N–H and O–H groups in total. The molecule has 0 bridgehead atoms. The van der Waals surface area contributed by atoms with Crippen molar-refractivity contribution in [2.45, 2.75) is 19.5 Å². The molecule has 31 heavy (non-hydrogen) atoms. The molecule has 2 aromatic carbocycles. The molecule has 1 unspecified atom stereocenters. The smallest absolute Gasteiger partial charge is 0.296 e. The molecule has 7 heteroatoms. The molecular weight excluding hydrogens is 401 g/mol. The van der Waals surface area contributed by atoms with Crippen molar-refractivity contribution in [2.24, 2.45) is 0 Å². The van der Waals surface area contributed by atoms with E-state index in [4.69, 9.17) is 9.15 Å². The number of furan rings is 1. The lowest BCUT2D eigenvalue weighted by Gasteiger charge is -2.23. The van der Waals surface area contributed by atoms with Crippen molar-refractivity contribution < 1.29 is 28.2 Å². The third-order valence-corrected chi connectivity index (χ3v) is 5.03. The summed E-state index contributed by atoms with van der Waals surface area (Å²) in [5.41, 5.74) is 0.882. The molecule has 1 fully saturated rings. The van der Waals surface area contributed by atoms with Crippen LogP contribution in [0.25, 0.3) is 5.76 Å². The van der Waals surface area contributed by atoms with Crippen molar-refractivity contribution in [3.63, 3.8) is 0 Å². The zero-order valence-electron chi connectivity index (χ0n) is 16.7. The van der Waals surface area contributed by atoms with Gasteiger partial charge in [-0.1, -0.05) is 12.1 Å². The molecule has 4 rings (SSSR count). The molecular formula is C24H20FNO5. The summed E-state index contributed by atoms with van der Waals surface area (Å²) >= 11 is 0. The van der Waals surface area contributed by atoms with E-state index in [1.54, 1.807) is 30.3 Å². The van der Waals surface area contributed by atoms with Gasteiger partial charge in [-0.05, 0) is 61.0 Å². The Morgan fingerprint density at radius 2 is 1.90 bits per heavy atom. The Morgan fingerprint density at radius 3 is 2.58 bits per heavy atom. The number of ether oxygens (including phenoxy) is 1. The van der Waals surface area contributed by atoms with Crippen molar-refractivity contribution in [1.82, 2.24) is 4.90 Å². The summed E-state index contributed by atoms with van der Waals surface area (Å²) < 4.78 is 24.3. The lowest BCUT2D eigenvalue weighted by Crippen LogP contribution is -2.29. The van der Waals surface area contributed by atoms with Crippen molar-refractivity contribution in [3.8, 4) is 5.75 Å². The second-order valence-electron chi connectivity index (χ2n) is 7.03. The maximum Gasteiger partial charge on any atom is 0.296 e. The number of likely N-dealkylation sites (tertiary alicyclic amines) is 1. The highest BCUT2D eigenvalue weighted by Gasteiger charge is 2.47. The minimum Gasteiger partial charge on any atom is -0.507 e. The first kappa shape index (κ1) is 20.4. The minimum atomic E-state index is -0.921. The molecule has 1 atom stereocenters. The van der Waals surface area contributed by atoms with Gasteiger partial charge in [-0.3, -0.25) is 9.59 Å². The Balaban J connectivity index is 1.78. The summed E-state index contributed by atoms with van der Waals surface area (Å²) in [6, 6.07) is 14.6. The van der Waals surface area contributed by atoms with E-state index < -0.39 is 23.5 Å². The van der Waals surface area contributed by atoms with Gasteiger partial charge < -0.3 is 19.2 Å². The van der Waals surface area contributed by atoms with Gasteiger partial charge in [0.15, 0.2) is 0 Å². The number of amides is 1. The number of hydrogen-bond acceptors (Lipinski definition) is 5. The Labute approximate surface area is 178 Å². The summed E-state index contributed by atoms with van der Waals surface area (Å²) in [4.78, 5) is 27.2. The van der Waals surface area contributed by atoms with E-state index in [0.717, 1.165) is 5.56 Å². The van der Waals surface area contributed by atoms with E-state index in [-0.39, 0.29) is 23.4 Å². The number of carbonyl (C=O) groups is 2. The number of Topliss-reactive ketones (excluding diaryl/α,β-unsaturated/α-hetero) is 1. The predicted molar refractivity (Wildman–Crippen MR) is 111 cm³/mol. The molecule has 1 aromatic heterocycles. The summed E-state index contributed by atoms with van der Waals surface area (Å²) in [6.45, 7) is 2.48. The zero-order chi connectivity index (χ0) is 22.0. The number of aliphatic hydroxyl groups excluding tert-OH is 1. The van der Waals surface area contributed by atoms with Gasteiger partial charge in [0.05, 0.1) is 18.4 Å². The summed E-state index contributed by atoms with van der Waals surface area (Å²) in [5, 5.41) is 10.9. The highest BCUT2D eigenvalue weighted by Crippen LogP contribution is 2.40. The standard InChI is InChI=1S/C24H20FNO5/c1-2-30-18-6-3-5-15(13-18)14-26-21(19-7-4-12-31-19)20(23(28)24(26)29)22(27)16-8-10-17(25)11-9-16/h3-13,21,27H,2,14H2,1H3/b22-20-. The van der Waals surface area contributed by atoms with Crippen LogP contribution in [0.2, 0.25) is 0 Å². The Bertz CT molecular complexity index is 1140. The van der Waals surface area contributed by atoms with Crippen LogP contribution < -0.4 is 4.74 Å². The average Bonchev–Trinajstić information content (AvgIpc) is 3.37. The molecule has 0 saturated carbocycles. The number of nitrogens with zero attached hydrogens (tertiary/aromatic N) is 1. The van der Waals surface area contributed by atoms with Gasteiger partial charge in [-0.25, -0.2) is 4.39 Å². The van der Waals surface area contributed by atoms with Crippen LogP contribution in [0.5, 0.6) is 5.75 Å². The number of aliphatic hydroxyl groups is 1.